The van der Waals surface area contributed by atoms with E-state index in [-0.39, 0.29) is 17.9 Å². The SMILES string of the molecule is O=C1CCC(CNC(=O)c2cccc(Oc3ccccc3)c2)N1. The average molecular weight is 310 g/mol. The first-order valence-electron chi connectivity index (χ1n) is 7.61. The Balaban J connectivity index is 1.60. The normalized spacial score (nSPS) is 16.7. The summed E-state index contributed by atoms with van der Waals surface area (Å²) < 4.78 is 5.72. The average Bonchev–Trinajstić information content (AvgIpc) is 2.99. The highest BCUT2D eigenvalue weighted by atomic mass is 16.5. The first-order chi connectivity index (χ1) is 11.2. The van der Waals surface area contributed by atoms with Gasteiger partial charge in [0.05, 0.1) is 0 Å². The van der Waals surface area contributed by atoms with Gasteiger partial charge in [0.1, 0.15) is 11.5 Å². The fourth-order valence-electron chi connectivity index (χ4n) is 2.47. The van der Waals surface area contributed by atoms with Crippen LogP contribution in [0.3, 0.4) is 0 Å². The lowest BCUT2D eigenvalue weighted by molar-refractivity contribution is -0.119. The summed E-state index contributed by atoms with van der Waals surface area (Å²) in [4.78, 5) is 23.4. The molecule has 1 atom stereocenters. The molecule has 2 aromatic rings. The summed E-state index contributed by atoms with van der Waals surface area (Å²) in [6, 6.07) is 16.5. The second kappa shape index (κ2) is 6.96. The highest BCUT2D eigenvalue weighted by Crippen LogP contribution is 2.21. The molecule has 2 aromatic carbocycles. The second-order valence-corrected chi connectivity index (χ2v) is 5.46. The molecule has 0 aliphatic carbocycles. The van der Waals surface area contributed by atoms with E-state index >= 15 is 0 Å². The van der Waals surface area contributed by atoms with E-state index in [0.717, 1.165) is 12.2 Å². The lowest BCUT2D eigenvalue weighted by Crippen LogP contribution is -2.38. The van der Waals surface area contributed by atoms with Gasteiger partial charge in [0, 0.05) is 24.6 Å². The number of ether oxygens (including phenoxy) is 1. The van der Waals surface area contributed by atoms with Gasteiger partial charge in [-0.05, 0) is 36.8 Å². The Bertz CT molecular complexity index is 700. The van der Waals surface area contributed by atoms with E-state index in [0.29, 0.717) is 24.3 Å². The topological polar surface area (TPSA) is 67.4 Å². The molecule has 1 heterocycles. The molecule has 5 heteroatoms. The Hall–Kier alpha value is -2.82. The number of hydrogen-bond donors (Lipinski definition) is 2. The number of hydrogen-bond acceptors (Lipinski definition) is 3. The number of para-hydroxylation sites is 1. The van der Waals surface area contributed by atoms with Crippen LogP contribution in [0.1, 0.15) is 23.2 Å². The molecule has 2 amide bonds. The predicted molar refractivity (Wildman–Crippen MR) is 86.5 cm³/mol. The first-order valence-corrected chi connectivity index (χ1v) is 7.61. The third kappa shape index (κ3) is 4.10. The number of nitrogens with one attached hydrogen (secondary N) is 2. The molecule has 1 unspecified atom stereocenters. The van der Waals surface area contributed by atoms with Crippen LogP contribution in [0.15, 0.2) is 54.6 Å². The molecule has 0 saturated carbocycles. The maximum atomic E-state index is 12.2. The minimum atomic E-state index is -0.176. The van der Waals surface area contributed by atoms with Crippen LogP contribution in [0.25, 0.3) is 0 Å². The lowest BCUT2D eigenvalue weighted by atomic mass is 10.2. The first kappa shape index (κ1) is 15.1. The lowest BCUT2D eigenvalue weighted by Gasteiger charge is -2.12. The summed E-state index contributed by atoms with van der Waals surface area (Å²) in [6.07, 6.45) is 1.29. The number of amides is 2. The highest BCUT2D eigenvalue weighted by Gasteiger charge is 2.21. The number of benzene rings is 2. The van der Waals surface area contributed by atoms with Crippen LogP contribution in [-0.2, 0) is 4.79 Å². The molecule has 0 radical (unpaired) electrons. The van der Waals surface area contributed by atoms with Crippen LogP contribution in [0.2, 0.25) is 0 Å². The molecule has 0 aromatic heterocycles. The van der Waals surface area contributed by atoms with Gasteiger partial charge in [-0.1, -0.05) is 24.3 Å². The summed E-state index contributed by atoms with van der Waals surface area (Å²) in [5, 5.41) is 5.67. The minimum absolute atomic E-state index is 0.0233. The van der Waals surface area contributed by atoms with Crippen molar-refractivity contribution in [2.75, 3.05) is 6.54 Å². The fourth-order valence-corrected chi connectivity index (χ4v) is 2.47. The van der Waals surface area contributed by atoms with E-state index in [2.05, 4.69) is 10.6 Å². The standard InChI is InChI=1S/C18H18N2O3/c21-17-10-9-14(20-17)12-19-18(22)13-5-4-8-16(11-13)23-15-6-2-1-3-7-15/h1-8,11,14H,9-10,12H2,(H,19,22)(H,20,21). The zero-order chi connectivity index (χ0) is 16.1. The quantitative estimate of drug-likeness (QED) is 0.891. The summed E-state index contributed by atoms with van der Waals surface area (Å²) in [7, 11) is 0. The molecule has 1 aliphatic heterocycles. The maximum absolute atomic E-state index is 12.2. The van der Waals surface area contributed by atoms with Crippen LogP contribution in [-0.4, -0.2) is 24.4 Å². The highest BCUT2D eigenvalue weighted by molar-refractivity contribution is 5.94. The van der Waals surface area contributed by atoms with Gasteiger partial charge in [-0.3, -0.25) is 9.59 Å². The second-order valence-electron chi connectivity index (χ2n) is 5.46. The van der Waals surface area contributed by atoms with Gasteiger partial charge in [-0.15, -0.1) is 0 Å². The van der Waals surface area contributed by atoms with Gasteiger partial charge >= 0.3 is 0 Å². The van der Waals surface area contributed by atoms with Gasteiger partial charge in [-0.2, -0.15) is 0 Å². The molecular weight excluding hydrogens is 292 g/mol. The van der Waals surface area contributed by atoms with Crippen molar-refractivity contribution in [1.82, 2.24) is 10.6 Å². The van der Waals surface area contributed by atoms with Gasteiger partial charge < -0.3 is 15.4 Å². The molecule has 0 bridgehead atoms. The molecule has 118 valence electrons. The van der Waals surface area contributed by atoms with Crippen molar-refractivity contribution in [3.63, 3.8) is 0 Å². The molecule has 3 rings (SSSR count). The summed E-state index contributed by atoms with van der Waals surface area (Å²) >= 11 is 0. The molecule has 0 spiro atoms. The minimum Gasteiger partial charge on any atom is -0.457 e. The van der Waals surface area contributed by atoms with E-state index in [9.17, 15) is 9.59 Å². The number of carbonyl (C=O) groups is 2. The zero-order valence-corrected chi connectivity index (χ0v) is 12.6. The Morgan fingerprint density at radius 1 is 1.13 bits per heavy atom. The molecule has 1 saturated heterocycles. The Kier molecular flexibility index (Phi) is 4.57. The Morgan fingerprint density at radius 2 is 1.91 bits per heavy atom. The molecule has 23 heavy (non-hydrogen) atoms. The smallest absolute Gasteiger partial charge is 0.251 e. The van der Waals surface area contributed by atoms with Crippen LogP contribution < -0.4 is 15.4 Å². The van der Waals surface area contributed by atoms with E-state index in [1.165, 1.54) is 0 Å². The third-order valence-electron chi connectivity index (χ3n) is 3.67. The molecule has 5 nitrogen and oxygen atoms in total. The number of rotatable bonds is 5. The van der Waals surface area contributed by atoms with Crippen LogP contribution in [0.4, 0.5) is 0 Å². The number of carbonyl (C=O) groups excluding carboxylic acids is 2. The molecule has 1 fully saturated rings. The maximum Gasteiger partial charge on any atom is 0.251 e. The van der Waals surface area contributed by atoms with E-state index in [4.69, 9.17) is 4.74 Å². The molecular formula is C18H18N2O3. The van der Waals surface area contributed by atoms with Crippen molar-refractivity contribution in [2.45, 2.75) is 18.9 Å². The summed E-state index contributed by atoms with van der Waals surface area (Å²) in [5.74, 6) is 1.20. The van der Waals surface area contributed by atoms with Crippen molar-refractivity contribution in [3.8, 4) is 11.5 Å². The van der Waals surface area contributed by atoms with Gasteiger partial charge in [0.2, 0.25) is 5.91 Å². The van der Waals surface area contributed by atoms with Gasteiger partial charge in [-0.25, -0.2) is 0 Å². The van der Waals surface area contributed by atoms with Crippen molar-refractivity contribution < 1.29 is 14.3 Å². The van der Waals surface area contributed by atoms with Crippen molar-refractivity contribution in [3.05, 3.63) is 60.2 Å². The van der Waals surface area contributed by atoms with E-state index in [1.54, 1.807) is 24.3 Å². The van der Waals surface area contributed by atoms with Crippen molar-refractivity contribution in [1.29, 1.82) is 0 Å². The zero-order valence-electron chi connectivity index (χ0n) is 12.6. The van der Waals surface area contributed by atoms with Gasteiger partial charge in [0.25, 0.3) is 5.91 Å². The van der Waals surface area contributed by atoms with Crippen LogP contribution in [0, 0.1) is 0 Å². The molecule has 2 N–H and O–H groups in total. The summed E-state index contributed by atoms with van der Waals surface area (Å²) in [6.45, 7) is 0.439. The Labute approximate surface area is 134 Å². The third-order valence-corrected chi connectivity index (χ3v) is 3.67. The Morgan fingerprint density at radius 3 is 2.65 bits per heavy atom. The van der Waals surface area contributed by atoms with Crippen LogP contribution >= 0.6 is 0 Å². The summed E-state index contributed by atoms with van der Waals surface area (Å²) in [5.41, 5.74) is 0.530. The largest absolute Gasteiger partial charge is 0.457 e. The molecule has 1 aliphatic rings. The van der Waals surface area contributed by atoms with E-state index < -0.39 is 0 Å². The van der Waals surface area contributed by atoms with Crippen molar-refractivity contribution in [2.24, 2.45) is 0 Å². The van der Waals surface area contributed by atoms with Gasteiger partial charge in [0.15, 0.2) is 0 Å². The van der Waals surface area contributed by atoms with Crippen molar-refractivity contribution >= 4 is 11.8 Å². The fraction of sp³-hybridized carbons (Fsp3) is 0.222. The monoisotopic (exact) mass is 310 g/mol. The van der Waals surface area contributed by atoms with E-state index in [1.807, 2.05) is 30.3 Å². The van der Waals surface area contributed by atoms with Crippen LogP contribution in [0.5, 0.6) is 11.5 Å². The predicted octanol–water partition coefficient (Wildman–Crippen LogP) is 2.49.